The van der Waals surface area contributed by atoms with Gasteiger partial charge in [0.15, 0.2) is 5.78 Å². The van der Waals surface area contributed by atoms with Gasteiger partial charge in [-0.3, -0.25) is 9.59 Å². The molecule has 0 aliphatic rings. The van der Waals surface area contributed by atoms with Crippen molar-refractivity contribution in [3.8, 4) is 0 Å². The van der Waals surface area contributed by atoms with Gasteiger partial charge in [-0.15, -0.1) is 0 Å². The number of aliphatic carboxylic acids is 1. The third-order valence-corrected chi connectivity index (χ3v) is 3.68. The maximum absolute atomic E-state index is 12.5. The fourth-order valence-corrected chi connectivity index (χ4v) is 2.44. The maximum Gasteiger partial charge on any atom is 0.336 e. The highest BCUT2D eigenvalue weighted by Gasteiger charge is 2.20. The zero-order chi connectivity index (χ0) is 17.0. The first-order valence-corrected chi connectivity index (χ1v) is 7.15. The first-order valence-electron chi connectivity index (χ1n) is 7.15. The van der Waals surface area contributed by atoms with E-state index in [-0.39, 0.29) is 11.1 Å². The topological polar surface area (TPSA) is 91.7 Å². The summed E-state index contributed by atoms with van der Waals surface area (Å²) >= 11 is 0. The van der Waals surface area contributed by atoms with Gasteiger partial charge in [0.25, 0.3) is 0 Å². The van der Waals surface area contributed by atoms with Crippen molar-refractivity contribution in [3.63, 3.8) is 0 Å². The Morgan fingerprint density at radius 3 is 1.96 bits per heavy atom. The molecule has 2 aromatic carbocycles. The summed E-state index contributed by atoms with van der Waals surface area (Å²) in [6.07, 6.45) is 0.449. The van der Waals surface area contributed by atoms with Crippen molar-refractivity contribution >= 4 is 17.7 Å². The number of ketones is 1. The fraction of sp³-hybridized carbons (Fsp3) is 0.167. The van der Waals surface area contributed by atoms with Gasteiger partial charge in [-0.1, -0.05) is 49.4 Å². The van der Waals surface area contributed by atoms with E-state index in [0.717, 1.165) is 0 Å². The average Bonchev–Trinajstić information content (AvgIpc) is 2.55. The minimum atomic E-state index is -1.16. The van der Waals surface area contributed by atoms with Crippen LogP contribution >= 0.6 is 0 Å². The summed E-state index contributed by atoms with van der Waals surface area (Å²) in [5.41, 5.74) is 0.988. The summed E-state index contributed by atoms with van der Waals surface area (Å²) in [7, 11) is 0. The van der Waals surface area contributed by atoms with Gasteiger partial charge in [0.1, 0.15) is 0 Å². The smallest absolute Gasteiger partial charge is 0.336 e. The Kier molecular flexibility index (Phi) is 4.91. The molecule has 0 aromatic heterocycles. The normalized spacial score (nSPS) is 11.7. The molecule has 0 bridgehead atoms. The van der Waals surface area contributed by atoms with E-state index in [4.69, 9.17) is 10.2 Å². The van der Waals surface area contributed by atoms with Crippen LogP contribution in [0.25, 0.3) is 0 Å². The molecule has 0 heterocycles. The molecule has 0 amide bonds. The van der Waals surface area contributed by atoms with Crippen LogP contribution in [0.3, 0.4) is 0 Å². The van der Waals surface area contributed by atoms with Crippen LogP contribution in [0.4, 0.5) is 0 Å². The van der Waals surface area contributed by atoms with Gasteiger partial charge >= 0.3 is 11.9 Å². The van der Waals surface area contributed by atoms with Crippen molar-refractivity contribution in [2.45, 2.75) is 19.3 Å². The lowest BCUT2D eigenvalue weighted by molar-refractivity contribution is -0.138. The predicted octanol–water partition coefficient (Wildman–Crippen LogP) is 3.19. The minimum Gasteiger partial charge on any atom is -0.481 e. The van der Waals surface area contributed by atoms with E-state index in [1.54, 1.807) is 31.2 Å². The van der Waals surface area contributed by atoms with Gasteiger partial charge in [0.2, 0.25) is 0 Å². The molecule has 0 saturated carbocycles. The van der Waals surface area contributed by atoms with Gasteiger partial charge in [0, 0.05) is 11.1 Å². The molecule has 0 saturated heterocycles. The fourth-order valence-electron chi connectivity index (χ4n) is 2.44. The Morgan fingerprint density at radius 1 is 0.913 bits per heavy atom. The average molecular weight is 312 g/mol. The Bertz CT molecular complexity index is 746. The number of carbonyl (C=O) groups is 3. The summed E-state index contributed by atoms with van der Waals surface area (Å²) in [6.45, 7) is 1.78. The molecule has 0 spiro atoms. The number of hydrogen-bond donors (Lipinski definition) is 2. The van der Waals surface area contributed by atoms with Crippen LogP contribution in [0.15, 0.2) is 48.5 Å². The highest BCUT2D eigenvalue weighted by Crippen LogP contribution is 2.22. The summed E-state index contributed by atoms with van der Waals surface area (Å²) in [4.78, 5) is 34.8. The third kappa shape index (κ3) is 3.45. The van der Waals surface area contributed by atoms with Gasteiger partial charge in [-0.25, -0.2) is 4.79 Å². The van der Waals surface area contributed by atoms with Crippen molar-refractivity contribution in [2.24, 2.45) is 0 Å². The zero-order valence-corrected chi connectivity index (χ0v) is 12.5. The van der Waals surface area contributed by atoms with E-state index in [0.29, 0.717) is 17.5 Å². The number of carbonyl (C=O) groups excluding carboxylic acids is 1. The molecule has 0 radical (unpaired) electrons. The molecule has 1 unspecified atom stereocenters. The van der Waals surface area contributed by atoms with Crippen LogP contribution < -0.4 is 0 Å². The summed E-state index contributed by atoms with van der Waals surface area (Å²) in [6, 6.07) is 12.3. The SMILES string of the molecule is CCC(C(=O)O)c1ccc(C(=O)c2ccccc2C(=O)O)cc1. The second-order valence-corrected chi connectivity index (χ2v) is 5.10. The molecule has 0 aliphatic heterocycles. The Hall–Kier alpha value is -2.95. The number of benzene rings is 2. The van der Waals surface area contributed by atoms with E-state index in [1.807, 2.05) is 0 Å². The second-order valence-electron chi connectivity index (χ2n) is 5.10. The summed E-state index contributed by atoms with van der Waals surface area (Å²) < 4.78 is 0. The van der Waals surface area contributed by atoms with Crippen molar-refractivity contribution in [1.82, 2.24) is 0 Å². The monoisotopic (exact) mass is 312 g/mol. The highest BCUT2D eigenvalue weighted by molar-refractivity contribution is 6.14. The van der Waals surface area contributed by atoms with Gasteiger partial charge < -0.3 is 10.2 Å². The summed E-state index contributed by atoms with van der Waals surface area (Å²) in [5, 5.41) is 18.3. The predicted molar refractivity (Wildman–Crippen MR) is 83.9 cm³/mol. The van der Waals surface area contributed by atoms with Crippen LogP contribution in [0.2, 0.25) is 0 Å². The molecule has 1 atom stereocenters. The van der Waals surface area contributed by atoms with Crippen molar-refractivity contribution < 1.29 is 24.6 Å². The van der Waals surface area contributed by atoms with Crippen molar-refractivity contribution in [2.75, 3.05) is 0 Å². The number of rotatable bonds is 6. The molecule has 5 heteroatoms. The molecule has 2 N–H and O–H groups in total. The second kappa shape index (κ2) is 6.87. The van der Waals surface area contributed by atoms with Gasteiger partial charge in [-0.2, -0.15) is 0 Å². The molecule has 23 heavy (non-hydrogen) atoms. The lowest BCUT2D eigenvalue weighted by Crippen LogP contribution is -2.12. The van der Waals surface area contributed by atoms with Crippen LogP contribution in [-0.2, 0) is 4.79 Å². The first kappa shape index (κ1) is 16.4. The van der Waals surface area contributed by atoms with Crippen LogP contribution in [0.5, 0.6) is 0 Å². The quantitative estimate of drug-likeness (QED) is 0.799. The maximum atomic E-state index is 12.5. The van der Waals surface area contributed by atoms with E-state index in [1.165, 1.54) is 24.3 Å². The molecule has 0 aliphatic carbocycles. The summed E-state index contributed by atoms with van der Waals surface area (Å²) in [5.74, 6) is -3.10. The Balaban J connectivity index is 2.35. The first-order chi connectivity index (χ1) is 11.0. The van der Waals surface area contributed by atoms with Crippen LogP contribution in [0.1, 0.15) is 51.1 Å². The van der Waals surface area contributed by atoms with E-state index in [2.05, 4.69) is 0 Å². The van der Waals surface area contributed by atoms with E-state index in [9.17, 15) is 14.4 Å². The van der Waals surface area contributed by atoms with E-state index < -0.39 is 23.6 Å². The molecular weight excluding hydrogens is 296 g/mol. The molecular formula is C18H16O5. The van der Waals surface area contributed by atoms with Crippen molar-refractivity contribution in [3.05, 3.63) is 70.8 Å². The van der Waals surface area contributed by atoms with E-state index >= 15 is 0 Å². The Morgan fingerprint density at radius 2 is 1.48 bits per heavy atom. The largest absolute Gasteiger partial charge is 0.481 e. The van der Waals surface area contributed by atoms with Crippen LogP contribution in [-0.4, -0.2) is 27.9 Å². The van der Waals surface area contributed by atoms with Gasteiger partial charge in [0.05, 0.1) is 11.5 Å². The molecule has 118 valence electrons. The van der Waals surface area contributed by atoms with Gasteiger partial charge in [-0.05, 0) is 18.1 Å². The lowest BCUT2D eigenvalue weighted by atomic mass is 9.93. The minimum absolute atomic E-state index is 0.0569. The standard InChI is InChI=1S/C18H16O5/c1-2-13(17(20)21)11-7-9-12(10-8-11)16(19)14-5-3-4-6-15(14)18(22)23/h3-10,13H,2H2,1H3,(H,20,21)(H,22,23). The number of hydrogen-bond acceptors (Lipinski definition) is 3. The highest BCUT2D eigenvalue weighted by atomic mass is 16.4. The third-order valence-electron chi connectivity index (χ3n) is 3.68. The number of aromatic carboxylic acids is 1. The lowest BCUT2D eigenvalue weighted by Gasteiger charge is -2.11. The zero-order valence-electron chi connectivity index (χ0n) is 12.5. The van der Waals surface area contributed by atoms with Crippen LogP contribution in [0, 0.1) is 0 Å². The molecule has 2 rings (SSSR count). The molecule has 2 aromatic rings. The molecule has 5 nitrogen and oxygen atoms in total. The number of carboxylic acid groups (broad SMARTS) is 2. The Labute approximate surface area is 133 Å². The molecule has 0 fully saturated rings. The number of carboxylic acids is 2. The van der Waals surface area contributed by atoms with Crippen molar-refractivity contribution in [1.29, 1.82) is 0 Å².